The van der Waals surface area contributed by atoms with E-state index in [9.17, 15) is 4.79 Å². The Labute approximate surface area is 216 Å². The fourth-order valence-electron chi connectivity index (χ4n) is 3.74. The third-order valence-corrected chi connectivity index (χ3v) is 6.28. The average molecular weight is 518 g/mol. The van der Waals surface area contributed by atoms with Gasteiger partial charge in [-0.05, 0) is 18.2 Å². The van der Waals surface area contributed by atoms with E-state index in [0.29, 0.717) is 28.8 Å². The van der Waals surface area contributed by atoms with E-state index in [1.807, 2.05) is 48.5 Å². The summed E-state index contributed by atoms with van der Waals surface area (Å²) in [5.74, 6) is 2.27. The minimum absolute atomic E-state index is 0.0678. The fraction of sp³-hybridized carbons (Fsp3) is 0.154. The van der Waals surface area contributed by atoms with Crippen molar-refractivity contribution in [1.29, 1.82) is 0 Å². The van der Waals surface area contributed by atoms with Gasteiger partial charge >= 0.3 is 0 Å². The first-order chi connectivity index (χ1) is 18.1. The number of carbonyl (C=O) groups excluding carboxylic acids is 1. The summed E-state index contributed by atoms with van der Waals surface area (Å²) in [6, 6.07) is 18.9. The zero-order valence-electron chi connectivity index (χ0n) is 20.3. The van der Waals surface area contributed by atoms with E-state index in [-0.39, 0.29) is 16.9 Å². The average Bonchev–Trinajstić information content (AvgIpc) is 3.58. The van der Waals surface area contributed by atoms with Crippen LogP contribution in [0.5, 0.6) is 17.2 Å². The first kappa shape index (κ1) is 24.2. The number of benzene rings is 3. The molecular formula is C26H23N5O5S. The zero-order valence-corrected chi connectivity index (χ0v) is 21.1. The van der Waals surface area contributed by atoms with Crippen LogP contribution in [0.15, 0.2) is 70.3 Å². The SMILES string of the molecule is COc1cc(NC(=O)CSc2nnc(-c3ccc4nc(-c5ccccc5)[nH]c4c3)o2)cc(OC)c1OC. The number of imidazole rings is 1. The van der Waals surface area contributed by atoms with E-state index >= 15 is 0 Å². The molecule has 0 aliphatic carbocycles. The van der Waals surface area contributed by atoms with Gasteiger partial charge in [-0.25, -0.2) is 4.98 Å². The molecule has 0 radical (unpaired) electrons. The molecule has 188 valence electrons. The molecule has 10 nitrogen and oxygen atoms in total. The highest BCUT2D eigenvalue weighted by Crippen LogP contribution is 2.40. The van der Waals surface area contributed by atoms with Crippen molar-refractivity contribution in [2.45, 2.75) is 5.22 Å². The first-order valence-corrected chi connectivity index (χ1v) is 12.2. The maximum Gasteiger partial charge on any atom is 0.277 e. The number of nitrogens with zero attached hydrogens (tertiary/aromatic N) is 3. The van der Waals surface area contributed by atoms with Gasteiger partial charge in [0.15, 0.2) is 11.5 Å². The molecule has 5 rings (SSSR count). The summed E-state index contributed by atoms with van der Waals surface area (Å²) in [7, 11) is 4.54. The Kier molecular flexibility index (Phi) is 6.95. The highest BCUT2D eigenvalue weighted by Gasteiger charge is 2.16. The van der Waals surface area contributed by atoms with Crippen molar-refractivity contribution >= 4 is 34.4 Å². The van der Waals surface area contributed by atoms with Gasteiger partial charge < -0.3 is 28.9 Å². The largest absolute Gasteiger partial charge is 0.493 e. The maximum absolute atomic E-state index is 12.5. The molecule has 5 aromatic rings. The first-order valence-electron chi connectivity index (χ1n) is 11.2. The summed E-state index contributed by atoms with van der Waals surface area (Å²) < 4.78 is 21.7. The minimum Gasteiger partial charge on any atom is -0.493 e. The Morgan fingerprint density at radius 2 is 1.70 bits per heavy atom. The number of methoxy groups -OCH3 is 3. The molecule has 0 unspecified atom stereocenters. The van der Waals surface area contributed by atoms with Crippen molar-refractivity contribution in [1.82, 2.24) is 20.2 Å². The molecule has 0 aliphatic heterocycles. The summed E-state index contributed by atoms with van der Waals surface area (Å²) in [4.78, 5) is 20.5. The Bertz CT molecular complexity index is 1520. The topological polar surface area (TPSA) is 124 Å². The molecule has 2 N–H and O–H groups in total. The fourth-order valence-corrected chi connectivity index (χ4v) is 4.30. The lowest BCUT2D eigenvalue weighted by Crippen LogP contribution is -2.14. The molecule has 2 heterocycles. The number of H-pyrrole nitrogens is 1. The standard InChI is InChI=1S/C26H23N5O5S/c1-33-20-12-17(13-21(34-2)23(20)35-3)27-22(32)14-37-26-31-30-25(36-26)16-9-10-18-19(11-16)29-24(28-18)15-7-5-4-6-8-15/h4-13H,14H2,1-3H3,(H,27,32)(H,28,29). The van der Waals surface area contributed by atoms with E-state index in [1.165, 1.54) is 21.3 Å². The number of aromatic nitrogens is 4. The number of anilines is 1. The van der Waals surface area contributed by atoms with Gasteiger partial charge in [0.1, 0.15) is 5.82 Å². The van der Waals surface area contributed by atoms with Crippen LogP contribution in [-0.4, -0.2) is 53.2 Å². The van der Waals surface area contributed by atoms with Crippen molar-refractivity contribution in [2.75, 3.05) is 32.4 Å². The molecule has 0 aliphatic rings. The van der Waals surface area contributed by atoms with Gasteiger partial charge in [-0.3, -0.25) is 4.79 Å². The molecule has 2 aromatic heterocycles. The van der Waals surface area contributed by atoms with Crippen molar-refractivity contribution in [3.8, 4) is 40.1 Å². The quantitative estimate of drug-likeness (QED) is 0.259. The molecule has 0 saturated carbocycles. The number of fused-ring (bicyclic) bond motifs is 1. The summed E-state index contributed by atoms with van der Waals surface area (Å²) in [5, 5.41) is 11.3. The van der Waals surface area contributed by atoms with Crippen molar-refractivity contribution in [3.63, 3.8) is 0 Å². The second-order valence-corrected chi connectivity index (χ2v) is 8.73. The third-order valence-electron chi connectivity index (χ3n) is 5.46. The van der Waals surface area contributed by atoms with Crippen LogP contribution < -0.4 is 19.5 Å². The second kappa shape index (κ2) is 10.6. The molecule has 11 heteroatoms. The summed E-state index contributed by atoms with van der Waals surface area (Å²) in [6.07, 6.45) is 0. The van der Waals surface area contributed by atoms with Crippen molar-refractivity contribution in [3.05, 3.63) is 60.7 Å². The maximum atomic E-state index is 12.5. The molecule has 0 bridgehead atoms. The molecule has 0 spiro atoms. The number of ether oxygens (including phenoxy) is 3. The molecule has 3 aromatic carbocycles. The van der Waals surface area contributed by atoms with Crippen LogP contribution in [0.1, 0.15) is 0 Å². The van der Waals surface area contributed by atoms with Crippen LogP contribution in [0.2, 0.25) is 0 Å². The Morgan fingerprint density at radius 1 is 0.946 bits per heavy atom. The normalized spacial score (nSPS) is 10.9. The lowest BCUT2D eigenvalue weighted by atomic mass is 10.2. The van der Waals surface area contributed by atoms with Gasteiger partial charge in [0.05, 0.1) is 38.1 Å². The molecule has 0 atom stereocenters. The highest BCUT2D eigenvalue weighted by atomic mass is 32.2. The number of hydrogen-bond acceptors (Lipinski definition) is 9. The number of aromatic amines is 1. The van der Waals surface area contributed by atoms with Crippen LogP contribution in [0.3, 0.4) is 0 Å². The monoisotopic (exact) mass is 517 g/mol. The summed E-state index contributed by atoms with van der Waals surface area (Å²) >= 11 is 1.14. The van der Waals surface area contributed by atoms with E-state index in [0.717, 1.165) is 39.7 Å². The lowest BCUT2D eigenvalue weighted by Gasteiger charge is -2.14. The van der Waals surface area contributed by atoms with Gasteiger partial charge in [0.25, 0.3) is 5.22 Å². The smallest absolute Gasteiger partial charge is 0.277 e. The van der Waals surface area contributed by atoms with Crippen molar-refractivity contribution in [2.24, 2.45) is 0 Å². The van der Waals surface area contributed by atoms with Gasteiger partial charge in [-0.15, -0.1) is 10.2 Å². The number of rotatable bonds is 9. The number of nitrogens with one attached hydrogen (secondary N) is 2. The second-order valence-electron chi connectivity index (χ2n) is 7.81. The molecule has 37 heavy (non-hydrogen) atoms. The number of carbonyl (C=O) groups is 1. The number of hydrogen-bond donors (Lipinski definition) is 2. The van der Waals surface area contributed by atoms with E-state index in [1.54, 1.807) is 12.1 Å². The van der Waals surface area contributed by atoms with E-state index in [4.69, 9.17) is 18.6 Å². The van der Waals surface area contributed by atoms with Gasteiger partial charge in [0.2, 0.25) is 17.5 Å². The summed E-state index contributed by atoms with van der Waals surface area (Å²) in [6.45, 7) is 0. The predicted molar refractivity (Wildman–Crippen MR) is 140 cm³/mol. The minimum atomic E-state index is -0.258. The zero-order chi connectivity index (χ0) is 25.8. The van der Waals surface area contributed by atoms with Crippen LogP contribution in [0.25, 0.3) is 33.9 Å². The van der Waals surface area contributed by atoms with Crippen molar-refractivity contribution < 1.29 is 23.4 Å². The van der Waals surface area contributed by atoms with E-state index < -0.39 is 0 Å². The predicted octanol–water partition coefficient (Wildman–Crippen LogP) is 5.04. The number of amides is 1. The third kappa shape index (κ3) is 5.21. The van der Waals surface area contributed by atoms with E-state index in [2.05, 4.69) is 25.5 Å². The Morgan fingerprint density at radius 3 is 2.41 bits per heavy atom. The molecule has 1 amide bonds. The molecule has 0 fully saturated rings. The molecular weight excluding hydrogens is 494 g/mol. The highest BCUT2D eigenvalue weighted by molar-refractivity contribution is 7.99. The van der Waals surface area contributed by atoms with Crippen LogP contribution in [0.4, 0.5) is 5.69 Å². The Balaban J connectivity index is 1.25. The number of thioether (sulfide) groups is 1. The van der Waals surface area contributed by atoms with Crippen LogP contribution in [0, 0.1) is 0 Å². The lowest BCUT2D eigenvalue weighted by molar-refractivity contribution is -0.113. The summed E-state index contributed by atoms with van der Waals surface area (Å²) in [5.41, 5.74) is 3.95. The van der Waals surface area contributed by atoms with Gasteiger partial charge in [-0.1, -0.05) is 42.1 Å². The van der Waals surface area contributed by atoms with Gasteiger partial charge in [-0.2, -0.15) is 0 Å². The van der Waals surface area contributed by atoms with Crippen LogP contribution in [-0.2, 0) is 4.79 Å². The van der Waals surface area contributed by atoms with Gasteiger partial charge in [0, 0.05) is 28.9 Å². The van der Waals surface area contributed by atoms with Crippen LogP contribution >= 0.6 is 11.8 Å². The Hall–Kier alpha value is -4.51. The molecule has 0 saturated heterocycles.